The van der Waals surface area contributed by atoms with Crippen molar-refractivity contribution in [1.29, 1.82) is 0 Å². The van der Waals surface area contributed by atoms with Crippen molar-refractivity contribution in [3.05, 3.63) is 65.5 Å². The fourth-order valence-corrected chi connectivity index (χ4v) is 4.03. The number of benzene rings is 2. The Labute approximate surface area is 189 Å². The molecule has 2 aromatic carbocycles. The smallest absolute Gasteiger partial charge is 0.251 e. The maximum atomic E-state index is 13.2. The first-order valence-corrected chi connectivity index (χ1v) is 11.1. The van der Waals surface area contributed by atoms with E-state index in [0.29, 0.717) is 12.1 Å². The van der Waals surface area contributed by atoms with Crippen LogP contribution in [0.2, 0.25) is 0 Å². The molecule has 172 valence electrons. The zero-order valence-corrected chi connectivity index (χ0v) is 18.9. The molecule has 2 aromatic rings. The average molecular weight is 442 g/mol. The van der Waals surface area contributed by atoms with E-state index in [2.05, 4.69) is 15.5 Å². The van der Waals surface area contributed by atoms with Crippen molar-refractivity contribution in [3.8, 4) is 5.75 Å². The molecule has 0 spiro atoms. The number of carbonyl (C=O) groups excluding carboxylic acids is 2. The van der Waals surface area contributed by atoms with Gasteiger partial charge >= 0.3 is 0 Å². The Bertz CT molecular complexity index is 911. The lowest BCUT2D eigenvalue weighted by Crippen LogP contribution is -2.51. The average Bonchev–Trinajstić information content (AvgIpc) is 3.32. The van der Waals surface area contributed by atoms with Gasteiger partial charge < -0.3 is 15.4 Å². The summed E-state index contributed by atoms with van der Waals surface area (Å²) in [5, 5.41) is 5.84. The number of likely N-dealkylation sites (tertiary alicyclic amines) is 1. The van der Waals surface area contributed by atoms with Gasteiger partial charge in [-0.05, 0) is 73.8 Å². The maximum absolute atomic E-state index is 13.2. The molecule has 1 saturated heterocycles. The van der Waals surface area contributed by atoms with Crippen molar-refractivity contribution >= 4 is 11.8 Å². The number of ether oxygens (including phenoxy) is 1. The van der Waals surface area contributed by atoms with Crippen molar-refractivity contribution in [2.24, 2.45) is 5.92 Å². The first-order chi connectivity index (χ1) is 15.4. The van der Waals surface area contributed by atoms with Crippen LogP contribution >= 0.6 is 0 Å². The summed E-state index contributed by atoms with van der Waals surface area (Å²) >= 11 is 0. The molecule has 0 aliphatic carbocycles. The van der Waals surface area contributed by atoms with Crippen LogP contribution in [0.25, 0.3) is 0 Å². The molecule has 2 N–H and O–H groups in total. The van der Waals surface area contributed by atoms with Crippen LogP contribution in [0.15, 0.2) is 48.5 Å². The standard InChI is InChI=1S/C25H32FN3O3/c1-17(2)23(28-24(30)18-9-11-20(26)12-10-18)25(31)27-16-22(29-13-4-5-14-29)19-7-6-8-21(15-19)32-3/h6-12,15,17,22-23H,4-5,13-14,16H2,1-3H3,(H,27,31)(H,28,30). The van der Waals surface area contributed by atoms with Gasteiger partial charge in [0.2, 0.25) is 5.91 Å². The van der Waals surface area contributed by atoms with Crippen LogP contribution < -0.4 is 15.4 Å². The van der Waals surface area contributed by atoms with E-state index in [9.17, 15) is 14.0 Å². The Kier molecular flexibility index (Phi) is 8.22. The van der Waals surface area contributed by atoms with Gasteiger partial charge in [-0.15, -0.1) is 0 Å². The van der Waals surface area contributed by atoms with Gasteiger partial charge in [0.25, 0.3) is 5.91 Å². The summed E-state index contributed by atoms with van der Waals surface area (Å²) in [7, 11) is 1.64. The summed E-state index contributed by atoms with van der Waals surface area (Å²) in [5.74, 6) is -0.374. The number of hydrogen-bond acceptors (Lipinski definition) is 4. The van der Waals surface area contributed by atoms with Gasteiger partial charge in [-0.2, -0.15) is 0 Å². The van der Waals surface area contributed by atoms with Crippen molar-refractivity contribution in [2.45, 2.75) is 38.8 Å². The highest BCUT2D eigenvalue weighted by molar-refractivity contribution is 5.97. The second kappa shape index (κ2) is 11.1. The van der Waals surface area contributed by atoms with Crippen molar-refractivity contribution < 1.29 is 18.7 Å². The minimum atomic E-state index is -0.697. The topological polar surface area (TPSA) is 70.7 Å². The zero-order valence-electron chi connectivity index (χ0n) is 18.9. The zero-order chi connectivity index (χ0) is 23.1. The maximum Gasteiger partial charge on any atom is 0.251 e. The quantitative estimate of drug-likeness (QED) is 0.625. The van der Waals surface area contributed by atoms with Crippen LogP contribution in [0, 0.1) is 11.7 Å². The molecule has 0 radical (unpaired) electrons. The van der Waals surface area contributed by atoms with Gasteiger partial charge in [-0.3, -0.25) is 14.5 Å². The predicted octanol–water partition coefficient (Wildman–Crippen LogP) is 3.54. The van der Waals surface area contributed by atoms with Crippen molar-refractivity contribution in [2.75, 3.05) is 26.7 Å². The highest BCUT2D eigenvalue weighted by Crippen LogP contribution is 2.27. The Hall–Kier alpha value is -2.93. The molecule has 1 aliphatic rings. The van der Waals surface area contributed by atoms with Gasteiger partial charge in [0.1, 0.15) is 17.6 Å². The normalized spacial score (nSPS) is 15.9. The van der Waals surface area contributed by atoms with Crippen LogP contribution in [0.4, 0.5) is 4.39 Å². The van der Waals surface area contributed by atoms with Crippen LogP contribution in [0.5, 0.6) is 5.75 Å². The minimum Gasteiger partial charge on any atom is -0.497 e. The van der Waals surface area contributed by atoms with Crippen LogP contribution in [0.3, 0.4) is 0 Å². The van der Waals surface area contributed by atoms with E-state index in [1.807, 2.05) is 38.1 Å². The SMILES string of the molecule is COc1cccc(C(CNC(=O)C(NC(=O)c2ccc(F)cc2)C(C)C)N2CCCC2)c1. The molecule has 1 fully saturated rings. The summed E-state index contributed by atoms with van der Waals surface area (Å²) < 4.78 is 18.5. The third kappa shape index (κ3) is 6.07. The molecule has 7 heteroatoms. The van der Waals surface area contributed by atoms with Gasteiger partial charge in [0.05, 0.1) is 13.2 Å². The van der Waals surface area contributed by atoms with Gasteiger partial charge in [0, 0.05) is 12.1 Å². The number of carbonyl (C=O) groups is 2. The molecular weight excluding hydrogens is 409 g/mol. The Morgan fingerprint density at radius 1 is 1.09 bits per heavy atom. The van der Waals surface area contributed by atoms with Crippen LogP contribution in [0.1, 0.15) is 48.7 Å². The first-order valence-electron chi connectivity index (χ1n) is 11.1. The molecule has 2 unspecified atom stereocenters. The van der Waals surface area contributed by atoms with Crippen LogP contribution in [-0.2, 0) is 4.79 Å². The molecule has 32 heavy (non-hydrogen) atoms. The van der Waals surface area contributed by atoms with E-state index in [-0.39, 0.29) is 17.9 Å². The third-order valence-electron chi connectivity index (χ3n) is 5.87. The summed E-state index contributed by atoms with van der Waals surface area (Å²) in [5.41, 5.74) is 1.40. The number of nitrogens with zero attached hydrogens (tertiary/aromatic N) is 1. The van der Waals surface area contributed by atoms with Gasteiger partial charge in [-0.1, -0.05) is 26.0 Å². The van der Waals surface area contributed by atoms with Gasteiger partial charge in [-0.25, -0.2) is 4.39 Å². The summed E-state index contributed by atoms with van der Waals surface area (Å²) in [4.78, 5) is 28.0. The highest BCUT2D eigenvalue weighted by atomic mass is 19.1. The van der Waals surface area contributed by atoms with Crippen LogP contribution in [-0.4, -0.2) is 49.5 Å². The summed E-state index contributed by atoms with van der Waals surface area (Å²) in [6.07, 6.45) is 2.27. The monoisotopic (exact) mass is 441 g/mol. The van der Waals surface area contributed by atoms with E-state index in [1.54, 1.807) is 7.11 Å². The van der Waals surface area contributed by atoms with Gasteiger partial charge in [0.15, 0.2) is 0 Å². The lowest BCUT2D eigenvalue weighted by atomic mass is 10.0. The number of rotatable bonds is 9. The molecule has 3 rings (SSSR count). The molecule has 6 nitrogen and oxygen atoms in total. The number of amides is 2. The van der Waals surface area contributed by atoms with E-state index in [4.69, 9.17) is 4.74 Å². The molecule has 0 aromatic heterocycles. The Balaban J connectivity index is 1.69. The second-order valence-electron chi connectivity index (χ2n) is 8.48. The summed E-state index contributed by atoms with van der Waals surface area (Å²) in [6.45, 7) is 6.16. The molecule has 2 atom stereocenters. The molecule has 1 aliphatic heterocycles. The number of methoxy groups -OCH3 is 1. The van der Waals surface area contributed by atoms with Crippen molar-refractivity contribution in [3.63, 3.8) is 0 Å². The van der Waals surface area contributed by atoms with E-state index >= 15 is 0 Å². The third-order valence-corrected chi connectivity index (χ3v) is 5.87. The molecule has 0 bridgehead atoms. The second-order valence-corrected chi connectivity index (χ2v) is 8.48. The Morgan fingerprint density at radius 2 is 1.78 bits per heavy atom. The fourth-order valence-electron chi connectivity index (χ4n) is 4.03. The predicted molar refractivity (Wildman–Crippen MR) is 122 cm³/mol. The lowest BCUT2D eigenvalue weighted by Gasteiger charge is -2.30. The number of hydrogen-bond donors (Lipinski definition) is 2. The van der Waals surface area contributed by atoms with Crippen molar-refractivity contribution in [1.82, 2.24) is 15.5 Å². The van der Waals surface area contributed by atoms with E-state index < -0.39 is 17.8 Å². The highest BCUT2D eigenvalue weighted by Gasteiger charge is 2.28. The number of nitrogens with one attached hydrogen (secondary N) is 2. The Morgan fingerprint density at radius 3 is 2.41 bits per heavy atom. The van der Waals surface area contributed by atoms with E-state index in [1.165, 1.54) is 24.3 Å². The number of halogens is 1. The lowest BCUT2D eigenvalue weighted by molar-refractivity contribution is -0.124. The molecule has 2 amide bonds. The largest absolute Gasteiger partial charge is 0.497 e. The minimum absolute atomic E-state index is 0.0252. The summed E-state index contributed by atoms with van der Waals surface area (Å²) in [6, 6.07) is 12.5. The molecule has 1 heterocycles. The first kappa shape index (κ1) is 23.7. The molecular formula is C25H32FN3O3. The van der Waals surface area contributed by atoms with E-state index in [0.717, 1.165) is 37.2 Å². The molecule has 0 saturated carbocycles. The fraction of sp³-hybridized carbons (Fsp3) is 0.440.